The van der Waals surface area contributed by atoms with E-state index in [0.29, 0.717) is 17.3 Å². The van der Waals surface area contributed by atoms with Crippen molar-refractivity contribution in [3.63, 3.8) is 0 Å². The Kier molecular flexibility index (Phi) is 5.62. The molecule has 0 aliphatic heterocycles. The molecule has 0 spiro atoms. The Morgan fingerprint density at radius 3 is 2.63 bits per heavy atom. The standard InChI is InChI=1S/C26H35I/c1-5-7-18-14-19(9-8-17(18)6-2)20-10-12-22-23-13-11-21(27)16-25(23)26(3,4)24(22)15-20/h5-7,11,13,17-20,25H,2,8-10,12,14-16H2,1,3-4H3/b7-5-/t17-,18?,19?,20?,25?/m1/s1. The first-order valence-electron chi connectivity index (χ1n) is 11.0. The molecule has 0 nitrogen and oxygen atoms in total. The maximum Gasteiger partial charge on any atom is -0.00255 e. The molecule has 0 bridgehead atoms. The summed E-state index contributed by atoms with van der Waals surface area (Å²) in [7, 11) is 0. The first-order valence-corrected chi connectivity index (χ1v) is 12.1. The van der Waals surface area contributed by atoms with Gasteiger partial charge in [0.2, 0.25) is 0 Å². The van der Waals surface area contributed by atoms with Crippen molar-refractivity contribution in [2.75, 3.05) is 0 Å². The van der Waals surface area contributed by atoms with Gasteiger partial charge in [-0.1, -0.05) is 49.8 Å². The van der Waals surface area contributed by atoms with E-state index in [2.05, 4.69) is 80.3 Å². The first kappa shape index (κ1) is 19.7. The van der Waals surface area contributed by atoms with Crippen LogP contribution in [0.25, 0.3) is 0 Å². The van der Waals surface area contributed by atoms with Gasteiger partial charge in [-0.3, -0.25) is 0 Å². The lowest BCUT2D eigenvalue weighted by molar-refractivity contribution is 0.166. The molecular formula is C26H35I. The van der Waals surface area contributed by atoms with Gasteiger partial charge < -0.3 is 0 Å². The van der Waals surface area contributed by atoms with Crippen LogP contribution in [0.4, 0.5) is 0 Å². The highest BCUT2D eigenvalue weighted by Crippen LogP contribution is 2.60. The summed E-state index contributed by atoms with van der Waals surface area (Å²) in [4.78, 5) is 0. The molecule has 0 aromatic rings. The molecule has 4 unspecified atom stereocenters. The molecule has 5 atom stereocenters. The normalized spacial score (nSPS) is 38.3. The van der Waals surface area contributed by atoms with Crippen LogP contribution in [0.5, 0.6) is 0 Å². The Balaban J connectivity index is 1.54. The Morgan fingerprint density at radius 2 is 1.89 bits per heavy atom. The van der Waals surface area contributed by atoms with E-state index in [9.17, 15) is 0 Å². The Hall–Kier alpha value is -0.570. The van der Waals surface area contributed by atoms with Crippen LogP contribution in [0.1, 0.15) is 65.7 Å². The van der Waals surface area contributed by atoms with Gasteiger partial charge in [0.05, 0.1) is 0 Å². The van der Waals surface area contributed by atoms with Gasteiger partial charge in [0.15, 0.2) is 0 Å². The minimum Gasteiger partial charge on any atom is -0.103 e. The Morgan fingerprint density at radius 1 is 1.07 bits per heavy atom. The maximum absolute atomic E-state index is 4.11. The van der Waals surface area contributed by atoms with Gasteiger partial charge >= 0.3 is 0 Å². The summed E-state index contributed by atoms with van der Waals surface area (Å²) in [5.41, 5.74) is 5.62. The quantitative estimate of drug-likeness (QED) is 0.286. The van der Waals surface area contributed by atoms with Gasteiger partial charge in [-0.2, -0.15) is 0 Å². The van der Waals surface area contributed by atoms with Crippen molar-refractivity contribution in [2.24, 2.45) is 35.0 Å². The van der Waals surface area contributed by atoms with Crippen LogP contribution in [-0.2, 0) is 0 Å². The summed E-state index contributed by atoms with van der Waals surface area (Å²) in [6, 6.07) is 0. The van der Waals surface area contributed by atoms with Crippen LogP contribution in [0.2, 0.25) is 0 Å². The number of hydrogen-bond donors (Lipinski definition) is 0. The van der Waals surface area contributed by atoms with Crippen LogP contribution in [-0.4, -0.2) is 0 Å². The van der Waals surface area contributed by atoms with Crippen LogP contribution in [0, 0.1) is 35.0 Å². The monoisotopic (exact) mass is 474 g/mol. The van der Waals surface area contributed by atoms with Gasteiger partial charge in [0.1, 0.15) is 0 Å². The highest BCUT2D eigenvalue weighted by Gasteiger charge is 2.48. The average molecular weight is 474 g/mol. The molecule has 0 aromatic carbocycles. The van der Waals surface area contributed by atoms with E-state index in [4.69, 9.17) is 0 Å². The molecule has 146 valence electrons. The minimum atomic E-state index is 0.353. The molecule has 4 rings (SSSR count). The van der Waals surface area contributed by atoms with Crippen molar-refractivity contribution >= 4 is 22.6 Å². The van der Waals surface area contributed by atoms with E-state index < -0.39 is 0 Å². The summed E-state index contributed by atoms with van der Waals surface area (Å²) >= 11 is 2.54. The largest absolute Gasteiger partial charge is 0.103 e. The van der Waals surface area contributed by atoms with Crippen LogP contribution in [0.3, 0.4) is 0 Å². The van der Waals surface area contributed by atoms with Crippen molar-refractivity contribution in [3.8, 4) is 0 Å². The second-order valence-electron chi connectivity index (χ2n) is 9.84. The lowest BCUT2D eigenvalue weighted by atomic mass is 9.64. The predicted octanol–water partition coefficient (Wildman–Crippen LogP) is 8.18. The third-order valence-electron chi connectivity index (χ3n) is 8.22. The third kappa shape index (κ3) is 3.47. The number of rotatable bonds is 3. The number of hydrogen-bond acceptors (Lipinski definition) is 0. The topological polar surface area (TPSA) is 0 Å². The van der Waals surface area contributed by atoms with Crippen molar-refractivity contribution in [1.29, 1.82) is 0 Å². The zero-order valence-corrected chi connectivity index (χ0v) is 19.5. The zero-order chi connectivity index (χ0) is 19.2. The lowest BCUT2D eigenvalue weighted by Gasteiger charge is -2.41. The number of fused-ring (bicyclic) bond motifs is 2. The average Bonchev–Trinajstić information content (AvgIpc) is 2.89. The summed E-state index contributed by atoms with van der Waals surface area (Å²) in [5.74, 6) is 3.94. The molecular weight excluding hydrogens is 439 g/mol. The van der Waals surface area contributed by atoms with Gasteiger partial charge in [-0.15, -0.1) is 6.58 Å². The minimum absolute atomic E-state index is 0.353. The van der Waals surface area contributed by atoms with E-state index in [1.54, 1.807) is 11.1 Å². The summed E-state index contributed by atoms with van der Waals surface area (Å²) in [6.45, 7) is 11.3. The molecule has 0 radical (unpaired) electrons. The smallest absolute Gasteiger partial charge is 0.00255 e. The van der Waals surface area contributed by atoms with E-state index >= 15 is 0 Å². The SMILES string of the molecule is C=C[C@@H]1CCC(C2CCC3=C(C2)C(C)(C)C2CC(I)=CC=C32)CC1/C=C\C. The molecule has 0 heterocycles. The second kappa shape index (κ2) is 7.69. The predicted molar refractivity (Wildman–Crippen MR) is 126 cm³/mol. The molecule has 0 aromatic heterocycles. The van der Waals surface area contributed by atoms with E-state index in [-0.39, 0.29) is 0 Å². The molecule has 27 heavy (non-hydrogen) atoms. The van der Waals surface area contributed by atoms with Gasteiger partial charge in [-0.05, 0) is 124 Å². The lowest BCUT2D eigenvalue weighted by Crippen LogP contribution is -2.30. The molecule has 0 amide bonds. The third-order valence-corrected chi connectivity index (χ3v) is 9.02. The fourth-order valence-corrected chi connectivity index (χ4v) is 7.25. The Labute approximate surface area is 180 Å². The fraction of sp³-hybridized carbons (Fsp3) is 0.615. The zero-order valence-electron chi connectivity index (χ0n) is 17.3. The van der Waals surface area contributed by atoms with Crippen LogP contribution >= 0.6 is 22.6 Å². The molecule has 1 fully saturated rings. The van der Waals surface area contributed by atoms with Gasteiger partial charge in [-0.25, -0.2) is 0 Å². The number of allylic oxidation sites excluding steroid dienone is 9. The van der Waals surface area contributed by atoms with E-state index in [1.807, 2.05) is 5.57 Å². The first-order chi connectivity index (χ1) is 13.0. The fourth-order valence-electron chi connectivity index (χ4n) is 6.63. The van der Waals surface area contributed by atoms with Crippen LogP contribution in [0.15, 0.2) is 57.3 Å². The van der Waals surface area contributed by atoms with Gasteiger partial charge in [0, 0.05) is 0 Å². The van der Waals surface area contributed by atoms with E-state index in [0.717, 1.165) is 17.8 Å². The molecule has 1 saturated carbocycles. The molecule has 4 aliphatic rings. The van der Waals surface area contributed by atoms with Crippen molar-refractivity contribution in [3.05, 3.63) is 57.3 Å². The highest BCUT2D eigenvalue weighted by atomic mass is 127. The Bertz CT molecular complexity index is 729. The summed E-state index contributed by atoms with van der Waals surface area (Å²) in [5, 5.41) is 0. The van der Waals surface area contributed by atoms with Crippen molar-refractivity contribution in [1.82, 2.24) is 0 Å². The highest BCUT2D eigenvalue weighted by molar-refractivity contribution is 14.1. The summed E-state index contributed by atoms with van der Waals surface area (Å²) < 4.78 is 1.53. The summed E-state index contributed by atoms with van der Waals surface area (Å²) in [6.07, 6.45) is 21.2. The maximum atomic E-state index is 4.11. The van der Waals surface area contributed by atoms with Crippen molar-refractivity contribution in [2.45, 2.75) is 65.7 Å². The molecule has 0 N–H and O–H groups in total. The second-order valence-corrected chi connectivity index (χ2v) is 11.2. The van der Waals surface area contributed by atoms with Crippen molar-refractivity contribution < 1.29 is 0 Å². The molecule has 0 saturated heterocycles. The molecule has 4 aliphatic carbocycles. The number of halogens is 1. The van der Waals surface area contributed by atoms with E-state index in [1.165, 1.54) is 48.5 Å². The van der Waals surface area contributed by atoms with Gasteiger partial charge in [0.25, 0.3) is 0 Å². The molecule has 1 heteroatoms. The van der Waals surface area contributed by atoms with Crippen LogP contribution < -0.4 is 0 Å².